The summed E-state index contributed by atoms with van der Waals surface area (Å²) in [6.07, 6.45) is 4.83. The first-order valence-electron chi connectivity index (χ1n) is 8.99. The molecule has 26 heavy (non-hydrogen) atoms. The molecule has 138 valence electrons. The van der Waals surface area contributed by atoms with Crippen molar-refractivity contribution in [1.29, 1.82) is 0 Å². The lowest BCUT2D eigenvalue weighted by atomic mass is 10.1. The van der Waals surface area contributed by atoms with Crippen molar-refractivity contribution in [3.05, 3.63) is 58.0 Å². The second kappa shape index (κ2) is 6.89. The van der Waals surface area contributed by atoms with Crippen molar-refractivity contribution in [3.63, 3.8) is 0 Å². The Morgan fingerprint density at radius 2 is 1.88 bits per heavy atom. The Labute approximate surface area is 153 Å². The van der Waals surface area contributed by atoms with Crippen LogP contribution in [0.1, 0.15) is 24.0 Å². The Kier molecular flexibility index (Phi) is 4.58. The van der Waals surface area contributed by atoms with Crippen LogP contribution in [0.25, 0.3) is 0 Å². The van der Waals surface area contributed by atoms with Gasteiger partial charge in [-0.2, -0.15) is 4.31 Å². The lowest BCUT2D eigenvalue weighted by Crippen LogP contribution is -2.29. The monoisotopic (exact) mass is 374 g/mol. The van der Waals surface area contributed by atoms with Gasteiger partial charge in [-0.05, 0) is 42.5 Å². The second-order valence-corrected chi connectivity index (χ2v) is 8.74. The van der Waals surface area contributed by atoms with Gasteiger partial charge < -0.3 is 9.30 Å². The van der Waals surface area contributed by atoms with Gasteiger partial charge in [0, 0.05) is 38.3 Å². The van der Waals surface area contributed by atoms with Crippen LogP contribution in [-0.4, -0.2) is 37.0 Å². The number of pyridine rings is 1. The van der Waals surface area contributed by atoms with Crippen molar-refractivity contribution >= 4 is 10.0 Å². The van der Waals surface area contributed by atoms with Gasteiger partial charge in [0.2, 0.25) is 10.0 Å². The van der Waals surface area contributed by atoms with Gasteiger partial charge in [0.15, 0.2) is 0 Å². The fourth-order valence-electron chi connectivity index (χ4n) is 3.56. The molecule has 2 aromatic rings. The standard InChI is InChI=1S/C19H22N2O4S/c22-19-6-4-17(26(23,24)21-9-1-2-10-21)14-20(19)11-7-15-3-5-18-16(13-15)8-12-25-18/h3-6,13-14H,1-2,7-12H2. The quantitative estimate of drug-likeness (QED) is 0.800. The Balaban J connectivity index is 1.54. The molecule has 0 saturated carbocycles. The summed E-state index contributed by atoms with van der Waals surface area (Å²) >= 11 is 0. The largest absolute Gasteiger partial charge is 0.493 e. The first-order chi connectivity index (χ1) is 12.5. The smallest absolute Gasteiger partial charge is 0.250 e. The summed E-state index contributed by atoms with van der Waals surface area (Å²) in [6.45, 7) is 2.27. The maximum absolute atomic E-state index is 12.7. The third-order valence-corrected chi connectivity index (χ3v) is 6.94. The summed E-state index contributed by atoms with van der Waals surface area (Å²) in [5.41, 5.74) is 2.13. The molecule has 0 bridgehead atoms. The third kappa shape index (κ3) is 3.29. The number of sulfonamides is 1. The van der Waals surface area contributed by atoms with Crippen molar-refractivity contribution in [3.8, 4) is 5.75 Å². The summed E-state index contributed by atoms with van der Waals surface area (Å²) in [5.74, 6) is 0.935. The van der Waals surface area contributed by atoms with Crippen molar-refractivity contribution in [2.45, 2.75) is 37.1 Å². The molecule has 3 heterocycles. The molecule has 0 spiro atoms. The van der Waals surface area contributed by atoms with Crippen LogP contribution < -0.4 is 10.3 Å². The van der Waals surface area contributed by atoms with E-state index in [1.54, 1.807) is 0 Å². The van der Waals surface area contributed by atoms with E-state index in [-0.39, 0.29) is 10.5 Å². The average Bonchev–Trinajstić information content (AvgIpc) is 3.32. The predicted octanol–water partition coefficient (Wildman–Crippen LogP) is 1.81. The zero-order chi connectivity index (χ0) is 18.1. The minimum absolute atomic E-state index is 0.185. The normalized spacial score (nSPS) is 17.2. The fraction of sp³-hybridized carbons (Fsp3) is 0.421. The highest BCUT2D eigenvalue weighted by atomic mass is 32.2. The van der Waals surface area contributed by atoms with E-state index in [1.165, 1.54) is 32.8 Å². The summed E-state index contributed by atoms with van der Waals surface area (Å²) in [6, 6.07) is 8.84. The number of aryl methyl sites for hydroxylation is 2. The molecular formula is C19H22N2O4S. The molecule has 0 radical (unpaired) electrons. The van der Waals surface area contributed by atoms with Crippen molar-refractivity contribution in [2.24, 2.45) is 0 Å². The minimum atomic E-state index is -3.51. The van der Waals surface area contributed by atoms with E-state index in [0.717, 1.165) is 30.6 Å². The van der Waals surface area contributed by atoms with Crippen LogP contribution in [0.3, 0.4) is 0 Å². The first-order valence-corrected chi connectivity index (χ1v) is 10.4. The summed E-state index contributed by atoms with van der Waals surface area (Å²) in [7, 11) is -3.51. The van der Waals surface area contributed by atoms with E-state index >= 15 is 0 Å². The number of nitrogens with zero attached hydrogens (tertiary/aromatic N) is 2. The second-order valence-electron chi connectivity index (χ2n) is 6.80. The number of hydrogen-bond donors (Lipinski definition) is 0. The molecule has 0 amide bonds. The van der Waals surface area contributed by atoms with E-state index in [2.05, 4.69) is 6.07 Å². The Morgan fingerprint density at radius 1 is 1.08 bits per heavy atom. The van der Waals surface area contributed by atoms with E-state index in [0.29, 0.717) is 32.7 Å². The molecule has 4 rings (SSSR count). The molecular weight excluding hydrogens is 352 g/mol. The van der Waals surface area contributed by atoms with Gasteiger partial charge in [0.1, 0.15) is 5.75 Å². The summed E-state index contributed by atoms with van der Waals surface area (Å²) in [5, 5.41) is 0. The lowest BCUT2D eigenvalue weighted by molar-refractivity contribution is 0.357. The number of hydrogen-bond acceptors (Lipinski definition) is 4. The maximum atomic E-state index is 12.7. The number of rotatable bonds is 5. The van der Waals surface area contributed by atoms with Gasteiger partial charge in [-0.15, -0.1) is 0 Å². The van der Waals surface area contributed by atoms with E-state index < -0.39 is 10.0 Å². The van der Waals surface area contributed by atoms with Gasteiger partial charge in [-0.3, -0.25) is 4.79 Å². The van der Waals surface area contributed by atoms with E-state index in [1.807, 2.05) is 12.1 Å². The van der Waals surface area contributed by atoms with Crippen LogP contribution in [0.2, 0.25) is 0 Å². The van der Waals surface area contributed by atoms with Crippen molar-refractivity contribution < 1.29 is 13.2 Å². The number of aromatic nitrogens is 1. The number of benzene rings is 1. The molecule has 0 aliphatic carbocycles. The maximum Gasteiger partial charge on any atom is 0.250 e. The minimum Gasteiger partial charge on any atom is -0.493 e. The van der Waals surface area contributed by atoms with Crippen LogP contribution >= 0.6 is 0 Å². The summed E-state index contributed by atoms with van der Waals surface area (Å²) in [4.78, 5) is 12.4. The highest BCUT2D eigenvalue weighted by molar-refractivity contribution is 7.89. The molecule has 0 atom stereocenters. The molecule has 2 aliphatic rings. The van der Waals surface area contributed by atoms with Crippen LogP contribution in [0, 0.1) is 0 Å². The highest BCUT2D eigenvalue weighted by Gasteiger charge is 2.27. The molecule has 7 heteroatoms. The molecule has 0 N–H and O–H groups in total. The van der Waals surface area contributed by atoms with Gasteiger partial charge in [-0.25, -0.2) is 8.42 Å². The van der Waals surface area contributed by atoms with Crippen molar-refractivity contribution in [1.82, 2.24) is 8.87 Å². The van der Waals surface area contributed by atoms with Gasteiger partial charge in [-0.1, -0.05) is 12.1 Å². The number of ether oxygens (including phenoxy) is 1. The molecule has 6 nitrogen and oxygen atoms in total. The third-order valence-electron chi connectivity index (χ3n) is 5.05. The van der Waals surface area contributed by atoms with Crippen LogP contribution in [-0.2, 0) is 29.4 Å². The van der Waals surface area contributed by atoms with Gasteiger partial charge >= 0.3 is 0 Å². The Morgan fingerprint density at radius 3 is 2.69 bits per heavy atom. The Bertz CT molecular complexity index is 975. The van der Waals surface area contributed by atoms with E-state index in [9.17, 15) is 13.2 Å². The highest BCUT2D eigenvalue weighted by Crippen LogP contribution is 2.26. The van der Waals surface area contributed by atoms with Gasteiger partial charge in [0.25, 0.3) is 5.56 Å². The zero-order valence-electron chi connectivity index (χ0n) is 14.6. The molecule has 1 aromatic carbocycles. The van der Waals surface area contributed by atoms with Crippen molar-refractivity contribution in [2.75, 3.05) is 19.7 Å². The molecule has 0 unspecified atom stereocenters. The van der Waals surface area contributed by atoms with Gasteiger partial charge in [0.05, 0.1) is 11.5 Å². The van der Waals surface area contributed by atoms with Crippen LogP contribution in [0.15, 0.2) is 46.2 Å². The lowest BCUT2D eigenvalue weighted by Gasteiger charge is -2.16. The SMILES string of the molecule is O=c1ccc(S(=O)(=O)N2CCCC2)cn1CCc1ccc2c(c1)CCO2. The molecule has 1 saturated heterocycles. The molecule has 2 aliphatic heterocycles. The van der Waals surface area contributed by atoms with Crippen LogP contribution in [0.4, 0.5) is 0 Å². The predicted molar refractivity (Wildman–Crippen MR) is 98.0 cm³/mol. The zero-order valence-corrected chi connectivity index (χ0v) is 15.4. The topological polar surface area (TPSA) is 68.6 Å². The molecule has 1 fully saturated rings. The van der Waals surface area contributed by atoms with Crippen LogP contribution in [0.5, 0.6) is 5.75 Å². The fourth-order valence-corrected chi connectivity index (χ4v) is 5.10. The van der Waals surface area contributed by atoms with E-state index in [4.69, 9.17) is 4.74 Å². The average molecular weight is 374 g/mol. The summed E-state index contributed by atoms with van der Waals surface area (Å²) < 4.78 is 33.9. The first kappa shape index (κ1) is 17.3. The Hall–Kier alpha value is -2.12. The molecule has 1 aromatic heterocycles. The number of fused-ring (bicyclic) bond motifs is 1.